The second kappa shape index (κ2) is 10.2. The first kappa shape index (κ1) is 23.8. The fraction of sp³-hybridized carbons (Fsp3) is 0.381. The van der Waals surface area contributed by atoms with E-state index in [9.17, 15) is 4.79 Å². The molecular formula is C21H20Cl4O5. The summed E-state index contributed by atoms with van der Waals surface area (Å²) in [6.07, 6.45) is -2.82. The molecule has 0 N–H and O–H groups in total. The van der Waals surface area contributed by atoms with Crippen LogP contribution >= 0.6 is 46.4 Å². The minimum absolute atomic E-state index is 0.0453. The Bertz CT molecular complexity index is 832. The molecule has 1 unspecified atom stereocenters. The van der Waals surface area contributed by atoms with Crippen LogP contribution < -0.4 is 0 Å². The summed E-state index contributed by atoms with van der Waals surface area (Å²) in [5, 5.41) is 0. The van der Waals surface area contributed by atoms with Crippen LogP contribution in [0.2, 0.25) is 0 Å². The number of halogens is 4. The van der Waals surface area contributed by atoms with E-state index in [2.05, 4.69) is 0 Å². The number of ketones is 1. The normalized spacial score (nSPS) is 22.4. The molecule has 1 fully saturated rings. The van der Waals surface area contributed by atoms with Gasteiger partial charge < -0.3 is 18.9 Å². The van der Waals surface area contributed by atoms with E-state index < -0.39 is 27.4 Å². The zero-order valence-corrected chi connectivity index (χ0v) is 19.0. The molecule has 30 heavy (non-hydrogen) atoms. The van der Waals surface area contributed by atoms with E-state index in [4.69, 9.17) is 65.4 Å². The smallest absolute Gasteiger partial charge is 0.245 e. The van der Waals surface area contributed by atoms with Crippen molar-refractivity contribution in [2.24, 2.45) is 0 Å². The molecule has 0 saturated carbocycles. The lowest BCUT2D eigenvalue weighted by Crippen LogP contribution is -2.39. The van der Waals surface area contributed by atoms with Gasteiger partial charge in [0.2, 0.25) is 9.04 Å². The van der Waals surface area contributed by atoms with Crippen molar-refractivity contribution in [1.29, 1.82) is 0 Å². The third kappa shape index (κ3) is 5.67. The average Bonchev–Trinajstić information content (AvgIpc) is 3.03. The van der Waals surface area contributed by atoms with Crippen molar-refractivity contribution >= 4 is 52.2 Å². The van der Waals surface area contributed by atoms with E-state index in [0.717, 1.165) is 0 Å². The maximum atomic E-state index is 12.8. The van der Waals surface area contributed by atoms with Crippen LogP contribution in [0.1, 0.15) is 11.1 Å². The highest BCUT2D eigenvalue weighted by Gasteiger charge is 2.49. The van der Waals surface area contributed by atoms with Crippen LogP contribution in [0.15, 0.2) is 60.7 Å². The predicted octanol–water partition coefficient (Wildman–Crippen LogP) is 4.95. The average molecular weight is 494 g/mol. The van der Waals surface area contributed by atoms with Crippen molar-refractivity contribution in [1.82, 2.24) is 0 Å². The van der Waals surface area contributed by atoms with Gasteiger partial charge in [0.15, 0.2) is 11.9 Å². The first-order chi connectivity index (χ1) is 14.2. The van der Waals surface area contributed by atoms with E-state index in [1.807, 2.05) is 12.1 Å². The number of methoxy groups -OCH3 is 1. The van der Waals surface area contributed by atoms with Crippen molar-refractivity contribution < 1.29 is 23.7 Å². The number of carbonyl (C=O) groups excluding carboxylic acids is 1. The van der Waals surface area contributed by atoms with E-state index in [1.165, 1.54) is 7.11 Å². The molecule has 1 aliphatic heterocycles. The van der Waals surface area contributed by atoms with E-state index >= 15 is 0 Å². The van der Waals surface area contributed by atoms with Gasteiger partial charge in [-0.3, -0.25) is 4.79 Å². The summed E-state index contributed by atoms with van der Waals surface area (Å²) in [6.45, 7) is -0.0964. The Kier molecular flexibility index (Phi) is 8.04. The first-order valence-electron chi connectivity index (χ1n) is 9.11. The molecule has 9 heteroatoms. The number of carbonyl (C=O) groups is 1. The van der Waals surface area contributed by atoms with Crippen LogP contribution in [-0.2, 0) is 32.8 Å². The Hall–Kier alpha value is -0.890. The van der Waals surface area contributed by atoms with Gasteiger partial charge in [0, 0.05) is 18.2 Å². The van der Waals surface area contributed by atoms with Gasteiger partial charge in [0.25, 0.3) is 0 Å². The number of ether oxygens (including phenoxy) is 4. The fourth-order valence-corrected chi connectivity index (χ4v) is 3.83. The van der Waals surface area contributed by atoms with Crippen LogP contribution in [0.4, 0.5) is 0 Å². The van der Waals surface area contributed by atoms with Crippen LogP contribution in [0, 0.1) is 0 Å². The number of hydrogen-bond acceptors (Lipinski definition) is 5. The largest absolute Gasteiger partial charge is 0.382 e. The lowest BCUT2D eigenvalue weighted by Gasteiger charge is -2.28. The Morgan fingerprint density at radius 1 is 0.867 bits per heavy atom. The van der Waals surface area contributed by atoms with Gasteiger partial charge in [-0.15, -0.1) is 0 Å². The molecule has 0 spiro atoms. The lowest BCUT2D eigenvalue weighted by molar-refractivity contribution is -0.133. The summed E-state index contributed by atoms with van der Waals surface area (Å²) in [4.78, 5) is 12.8. The molecule has 0 radical (unpaired) electrons. The Morgan fingerprint density at radius 2 is 1.40 bits per heavy atom. The molecule has 0 bridgehead atoms. The van der Waals surface area contributed by atoms with Gasteiger partial charge in [-0.05, 0) is 0 Å². The topological polar surface area (TPSA) is 54.0 Å². The third-order valence-corrected chi connectivity index (χ3v) is 5.79. The molecule has 1 heterocycles. The zero-order chi connectivity index (χ0) is 21.8. The second-order valence-electron chi connectivity index (χ2n) is 6.64. The summed E-state index contributed by atoms with van der Waals surface area (Å²) >= 11 is 25.5. The molecule has 0 aromatic heterocycles. The number of hydrogen-bond donors (Lipinski definition) is 0. The molecule has 3 atom stereocenters. The molecule has 162 valence electrons. The van der Waals surface area contributed by atoms with Crippen molar-refractivity contribution in [2.75, 3.05) is 20.3 Å². The Morgan fingerprint density at radius 3 is 1.93 bits per heavy atom. The van der Waals surface area contributed by atoms with E-state index in [-0.39, 0.29) is 19.0 Å². The standard InChI is InChI=1S/C21H20Cl4O5/c1-27-12-16-18(26)19(30-21(24,25)15-10-6-3-7-11-15)17(29-16)13-28-20(22,23)14-8-4-2-5-9-14/h2-11,16-17,19H,12-13H2,1H3/t16?,17-,19-/m1/s1. The van der Waals surface area contributed by atoms with Crippen molar-refractivity contribution in [3.8, 4) is 0 Å². The molecule has 0 aliphatic carbocycles. The third-order valence-electron chi connectivity index (χ3n) is 4.52. The predicted molar refractivity (Wildman–Crippen MR) is 116 cm³/mol. The Labute approximate surface area is 195 Å². The molecule has 0 amide bonds. The number of Topliss-reactive ketones (excluding diaryl/α,β-unsaturated/α-hetero) is 1. The summed E-state index contributed by atoms with van der Waals surface area (Å²) < 4.78 is 18.9. The van der Waals surface area contributed by atoms with Crippen molar-refractivity contribution in [3.05, 3.63) is 71.8 Å². The van der Waals surface area contributed by atoms with Gasteiger partial charge >= 0.3 is 0 Å². The maximum Gasteiger partial charge on any atom is 0.245 e. The second-order valence-corrected chi connectivity index (χ2v) is 9.15. The van der Waals surface area contributed by atoms with E-state index in [1.54, 1.807) is 48.5 Å². The number of benzene rings is 2. The summed E-state index contributed by atoms with van der Waals surface area (Å²) in [5.41, 5.74) is 1.01. The molecule has 2 aromatic rings. The van der Waals surface area contributed by atoms with Gasteiger partial charge in [-0.1, -0.05) is 107 Å². The van der Waals surface area contributed by atoms with Crippen LogP contribution in [0.5, 0.6) is 0 Å². The Balaban J connectivity index is 1.76. The molecule has 5 nitrogen and oxygen atoms in total. The van der Waals surface area contributed by atoms with Crippen LogP contribution in [-0.4, -0.2) is 44.4 Å². The minimum Gasteiger partial charge on any atom is -0.382 e. The summed E-state index contributed by atoms with van der Waals surface area (Å²) in [5.74, 6) is -0.360. The van der Waals surface area contributed by atoms with Gasteiger partial charge in [0.05, 0.1) is 13.2 Å². The fourth-order valence-electron chi connectivity index (χ4n) is 3.01. The molecule has 1 saturated heterocycles. The van der Waals surface area contributed by atoms with Crippen LogP contribution in [0.3, 0.4) is 0 Å². The quantitative estimate of drug-likeness (QED) is 0.462. The lowest BCUT2D eigenvalue weighted by atomic mass is 10.1. The number of rotatable bonds is 9. The van der Waals surface area contributed by atoms with Gasteiger partial charge in [-0.2, -0.15) is 0 Å². The highest BCUT2D eigenvalue weighted by Crippen LogP contribution is 2.40. The minimum atomic E-state index is -1.77. The highest BCUT2D eigenvalue weighted by molar-refractivity contribution is 6.47. The SMILES string of the molecule is COCC1O[C@H](COC(Cl)(Cl)c2ccccc2)[C@@H](OC(Cl)(Cl)c2ccccc2)C1=O. The van der Waals surface area contributed by atoms with Gasteiger partial charge in [0.1, 0.15) is 12.2 Å². The molecular weight excluding hydrogens is 474 g/mol. The number of alkyl halides is 4. The summed E-state index contributed by atoms with van der Waals surface area (Å²) in [7, 11) is 1.46. The zero-order valence-electron chi connectivity index (χ0n) is 16.0. The monoisotopic (exact) mass is 492 g/mol. The van der Waals surface area contributed by atoms with Crippen molar-refractivity contribution in [3.63, 3.8) is 0 Å². The molecule has 2 aromatic carbocycles. The highest BCUT2D eigenvalue weighted by atomic mass is 35.5. The van der Waals surface area contributed by atoms with Gasteiger partial charge in [-0.25, -0.2) is 0 Å². The first-order valence-corrected chi connectivity index (χ1v) is 10.6. The molecule has 3 rings (SSSR count). The summed E-state index contributed by atoms with van der Waals surface area (Å²) in [6, 6.07) is 17.5. The maximum absolute atomic E-state index is 12.8. The molecule has 1 aliphatic rings. The van der Waals surface area contributed by atoms with Crippen LogP contribution in [0.25, 0.3) is 0 Å². The van der Waals surface area contributed by atoms with Crippen molar-refractivity contribution in [2.45, 2.75) is 27.4 Å². The van der Waals surface area contributed by atoms with E-state index in [0.29, 0.717) is 11.1 Å².